The van der Waals surface area contributed by atoms with Gasteiger partial charge in [0.15, 0.2) is 0 Å². The van der Waals surface area contributed by atoms with Crippen molar-refractivity contribution >= 4 is 11.7 Å². The van der Waals surface area contributed by atoms with Crippen LogP contribution in [0.25, 0.3) is 0 Å². The van der Waals surface area contributed by atoms with Crippen LogP contribution in [0.3, 0.4) is 0 Å². The largest absolute Gasteiger partial charge is 0.453 e. The van der Waals surface area contributed by atoms with E-state index in [9.17, 15) is 14.9 Å². The molecule has 5 heteroatoms. The molecule has 5 nitrogen and oxygen atoms in total. The highest BCUT2D eigenvalue weighted by Gasteiger charge is 2.38. The Kier molecular flexibility index (Phi) is 6.07. The Morgan fingerprint density at radius 2 is 1.52 bits per heavy atom. The molecule has 0 bridgehead atoms. The fourth-order valence-corrected chi connectivity index (χ4v) is 3.45. The zero-order valence-electron chi connectivity index (χ0n) is 16.4. The van der Waals surface area contributed by atoms with Gasteiger partial charge in [0.05, 0.1) is 10.5 Å². The Morgan fingerprint density at radius 3 is 2.03 bits per heavy atom. The molecular weight excluding hydrogens is 366 g/mol. The van der Waals surface area contributed by atoms with Crippen molar-refractivity contribution in [2.24, 2.45) is 0 Å². The first-order valence-corrected chi connectivity index (χ1v) is 9.51. The minimum atomic E-state index is -0.515. The molecule has 0 heterocycles. The quantitative estimate of drug-likeness (QED) is 0.288. The van der Waals surface area contributed by atoms with Gasteiger partial charge in [-0.25, -0.2) is 4.79 Å². The van der Waals surface area contributed by atoms with Crippen LogP contribution in [-0.4, -0.2) is 10.9 Å². The zero-order chi connectivity index (χ0) is 20.9. The van der Waals surface area contributed by atoms with E-state index in [1.54, 1.807) is 0 Å². The average molecular weight is 389 g/mol. The van der Waals surface area contributed by atoms with Gasteiger partial charge < -0.3 is 4.74 Å². The van der Waals surface area contributed by atoms with Crippen LogP contribution >= 0.6 is 0 Å². The van der Waals surface area contributed by atoms with Gasteiger partial charge in [-0.3, -0.25) is 10.1 Å². The summed E-state index contributed by atoms with van der Waals surface area (Å²) in [4.78, 5) is 23.3. The van der Waals surface area contributed by atoms with Crippen LogP contribution in [0.5, 0.6) is 0 Å². The first kappa shape index (κ1) is 20.3. The summed E-state index contributed by atoms with van der Waals surface area (Å²) in [5.41, 5.74) is 1.75. The molecule has 0 aromatic heterocycles. The zero-order valence-corrected chi connectivity index (χ0v) is 16.4. The molecule has 29 heavy (non-hydrogen) atoms. The van der Waals surface area contributed by atoms with E-state index in [1.807, 2.05) is 60.7 Å². The van der Waals surface area contributed by atoms with Crippen molar-refractivity contribution in [1.29, 1.82) is 0 Å². The summed E-state index contributed by atoms with van der Waals surface area (Å²) in [7, 11) is 0. The van der Waals surface area contributed by atoms with Crippen LogP contribution in [0.4, 0.5) is 5.69 Å². The van der Waals surface area contributed by atoms with Gasteiger partial charge in [0.2, 0.25) is 0 Å². The predicted molar refractivity (Wildman–Crippen MR) is 112 cm³/mol. The third-order valence-corrected chi connectivity index (χ3v) is 5.39. The molecule has 0 saturated heterocycles. The number of hydrogen-bond acceptors (Lipinski definition) is 4. The average Bonchev–Trinajstić information content (AvgIpc) is 2.78. The van der Waals surface area contributed by atoms with Gasteiger partial charge in [0.1, 0.15) is 6.10 Å². The van der Waals surface area contributed by atoms with E-state index >= 15 is 0 Å². The molecule has 2 atom stereocenters. The summed E-state index contributed by atoms with van der Waals surface area (Å²) in [6.45, 7) is 4.16. The minimum Gasteiger partial charge on any atom is -0.453 e. The van der Waals surface area contributed by atoms with E-state index in [0.717, 1.165) is 17.5 Å². The van der Waals surface area contributed by atoms with E-state index < -0.39 is 22.4 Å². The van der Waals surface area contributed by atoms with E-state index in [1.165, 1.54) is 24.3 Å². The highest BCUT2D eigenvalue weighted by molar-refractivity contribution is 5.89. The maximum absolute atomic E-state index is 12.9. The lowest BCUT2D eigenvalue weighted by Crippen LogP contribution is -2.33. The molecule has 0 N–H and O–H groups in total. The second-order valence-corrected chi connectivity index (χ2v) is 7.14. The van der Waals surface area contributed by atoms with Gasteiger partial charge in [0.25, 0.3) is 5.69 Å². The summed E-state index contributed by atoms with van der Waals surface area (Å²) in [5, 5.41) is 10.9. The van der Waals surface area contributed by atoms with E-state index in [4.69, 9.17) is 4.74 Å². The number of non-ortho nitro benzene ring substituents is 1. The number of benzene rings is 3. The molecule has 3 rings (SSSR count). The normalized spacial score (nSPS) is 13.9. The van der Waals surface area contributed by atoms with Crippen LogP contribution in [-0.2, 0) is 10.2 Å². The SMILES string of the molecule is CCC(C)(c1ccccc1)C(OC(=O)c1ccc([N+](=O)[O-])cc1)c1ccccc1. The van der Waals surface area contributed by atoms with Gasteiger partial charge in [-0.1, -0.05) is 74.5 Å². The predicted octanol–water partition coefficient (Wildman–Crippen LogP) is 5.86. The van der Waals surface area contributed by atoms with Crippen molar-refractivity contribution in [3.63, 3.8) is 0 Å². The number of ether oxygens (including phenoxy) is 1. The Labute approximate surface area is 170 Å². The maximum atomic E-state index is 12.9. The number of nitro groups is 1. The molecule has 0 spiro atoms. The van der Waals surface area contributed by atoms with Gasteiger partial charge in [-0.2, -0.15) is 0 Å². The van der Waals surface area contributed by atoms with Crippen molar-refractivity contribution in [2.45, 2.75) is 31.8 Å². The molecule has 0 aliphatic rings. The molecule has 3 aromatic rings. The van der Waals surface area contributed by atoms with Crippen LogP contribution in [0.15, 0.2) is 84.9 Å². The van der Waals surface area contributed by atoms with E-state index in [-0.39, 0.29) is 11.3 Å². The van der Waals surface area contributed by atoms with Gasteiger partial charge in [0, 0.05) is 17.5 Å². The van der Waals surface area contributed by atoms with Crippen LogP contribution in [0.2, 0.25) is 0 Å². The van der Waals surface area contributed by atoms with Crippen molar-refractivity contribution in [3.8, 4) is 0 Å². The number of hydrogen-bond donors (Lipinski definition) is 0. The molecule has 2 unspecified atom stereocenters. The molecule has 0 fully saturated rings. The van der Waals surface area contributed by atoms with Crippen molar-refractivity contribution < 1.29 is 14.5 Å². The highest BCUT2D eigenvalue weighted by atomic mass is 16.6. The van der Waals surface area contributed by atoms with Crippen molar-refractivity contribution in [2.75, 3.05) is 0 Å². The number of esters is 1. The topological polar surface area (TPSA) is 69.4 Å². The third kappa shape index (κ3) is 4.35. The van der Waals surface area contributed by atoms with Crippen molar-refractivity contribution in [3.05, 3.63) is 112 Å². The van der Waals surface area contributed by atoms with E-state index in [2.05, 4.69) is 13.8 Å². The molecule has 0 aliphatic heterocycles. The Morgan fingerprint density at radius 1 is 0.966 bits per heavy atom. The minimum absolute atomic E-state index is 0.0659. The van der Waals surface area contributed by atoms with Crippen molar-refractivity contribution in [1.82, 2.24) is 0 Å². The Hall–Kier alpha value is -3.47. The van der Waals surface area contributed by atoms with Gasteiger partial charge in [-0.05, 0) is 29.7 Å². The third-order valence-electron chi connectivity index (χ3n) is 5.39. The Balaban J connectivity index is 1.98. The molecule has 0 saturated carbocycles. The molecule has 3 aromatic carbocycles. The van der Waals surface area contributed by atoms with E-state index in [0.29, 0.717) is 0 Å². The first-order chi connectivity index (χ1) is 14.0. The summed E-state index contributed by atoms with van der Waals surface area (Å²) in [6, 6.07) is 25.1. The highest BCUT2D eigenvalue weighted by Crippen LogP contribution is 2.42. The second-order valence-electron chi connectivity index (χ2n) is 7.14. The van der Waals surface area contributed by atoms with Gasteiger partial charge in [-0.15, -0.1) is 0 Å². The summed E-state index contributed by atoms with van der Waals surface area (Å²) in [6.07, 6.45) is 0.239. The lowest BCUT2D eigenvalue weighted by atomic mass is 9.73. The second kappa shape index (κ2) is 8.69. The summed E-state index contributed by atoms with van der Waals surface area (Å²) in [5.74, 6) is -0.510. The first-order valence-electron chi connectivity index (χ1n) is 9.51. The fraction of sp³-hybridized carbons (Fsp3) is 0.208. The molecule has 0 amide bonds. The lowest BCUT2D eigenvalue weighted by molar-refractivity contribution is -0.384. The van der Waals surface area contributed by atoms with Gasteiger partial charge >= 0.3 is 5.97 Å². The standard InChI is InChI=1S/C24H23NO4/c1-3-24(2,20-12-8-5-9-13-20)22(18-10-6-4-7-11-18)29-23(26)19-14-16-21(17-15-19)25(27)28/h4-17,22H,3H2,1-2H3. The number of carbonyl (C=O) groups excluding carboxylic acids is 1. The number of carbonyl (C=O) groups is 1. The van der Waals surface area contributed by atoms with Crippen LogP contribution < -0.4 is 0 Å². The fourth-order valence-electron chi connectivity index (χ4n) is 3.45. The number of nitrogens with zero attached hydrogens (tertiary/aromatic N) is 1. The molecule has 148 valence electrons. The lowest BCUT2D eigenvalue weighted by Gasteiger charge is -2.37. The summed E-state index contributed by atoms with van der Waals surface area (Å²) >= 11 is 0. The monoisotopic (exact) mass is 389 g/mol. The number of rotatable bonds is 7. The molecule has 0 aliphatic carbocycles. The molecular formula is C24H23NO4. The van der Waals surface area contributed by atoms with Crippen LogP contribution in [0.1, 0.15) is 47.9 Å². The smallest absolute Gasteiger partial charge is 0.338 e. The molecule has 0 radical (unpaired) electrons. The number of nitro benzene ring substituents is 1. The van der Waals surface area contributed by atoms with Crippen LogP contribution in [0, 0.1) is 10.1 Å². The summed E-state index contributed by atoms with van der Waals surface area (Å²) < 4.78 is 6.02. The maximum Gasteiger partial charge on any atom is 0.338 e. The Bertz CT molecular complexity index is 971.